The van der Waals surface area contributed by atoms with Crippen LogP contribution in [-0.4, -0.2) is 11.3 Å². The normalized spacial score (nSPS) is 11.8. The second-order valence-electron chi connectivity index (χ2n) is 2.95. The van der Waals surface area contributed by atoms with Crippen LogP contribution in [0.3, 0.4) is 0 Å². The first-order chi connectivity index (χ1) is 6.63. The number of carbonyl (C=O) groups is 1. The molecule has 1 aromatic carbocycles. The SMILES string of the molecule is C=CC(OC(=O)O)c1ccc(C)cc1. The predicted molar refractivity (Wildman–Crippen MR) is 53.2 cm³/mol. The zero-order chi connectivity index (χ0) is 10.6. The van der Waals surface area contributed by atoms with Crippen LogP contribution >= 0.6 is 0 Å². The molecule has 1 N–H and O–H groups in total. The van der Waals surface area contributed by atoms with Crippen LogP contribution in [0.1, 0.15) is 17.2 Å². The summed E-state index contributed by atoms with van der Waals surface area (Å²) in [5.74, 6) is 0. The molecule has 74 valence electrons. The second-order valence-corrected chi connectivity index (χ2v) is 2.95. The summed E-state index contributed by atoms with van der Waals surface area (Å²) in [6.07, 6.45) is -0.428. The van der Waals surface area contributed by atoms with Crippen molar-refractivity contribution < 1.29 is 14.6 Å². The van der Waals surface area contributed by atoms with Gasteiger partial charge in [0.15, 0.2) is 0 Å². The summed E-state index contributed by atoms with van der Waals surface area (Å²) in [5, 5.41) is 8.46. The summed E-state index contributed by atoms with van der Waals surface area (Å²) < 4.78 is 4.62. The van der Waals surface area contributed by atoms with Crippen LogP contribution in [0, 0.1) is 6.92 Å². The standard InChI is InChI=1S/C11H12O3/c1-3-10(14-11(12)13)9-6-4-8(2)5-7-9/h3-7,10H,1H2,2H3,(H,12,13). The maximum Gasteiger partial charge on any atom is 0.506 e. The molecule has 14 heavy (non-hydrogen) atoms. The summed E-state index contributed by atoms with van der Waals surface area (Å²) in [6.45, 7) is 5.49. The molecule has 0 bridgehead atoms. The Labute approximate surface area is 82.6 Å². The Hall–Kier alpha value is -1.77. The first-order valence-electron chi connectivity index (χ1n) is 4.22. The Morgan fingerprint density at radius 1 is 1.50 bits per heavy atom. The number of ether oxygens (including phenoxy) is 1. The van der Waals surface area contributed by atoms with Crippen LogP contribution in [-0.2, 0) is 4.74 Å². The number of hydrogen-bond donors (Lipinski definition) is 1. The molecule has 0 saturated carbocycles. The Balaban J connectivity index is 2.84. The summed E-state index contributed by atoms with van der Waals surface area (Å²) in [4.78, 5) is 10.3. The van der Waals surface area contributed by atoms with E-state index in [9.17, 15) is 4.79 Å². The van der Waals surface area contributed by atoms with E-state index in [0.717, 1.165) is 11.1 Å². The van der Waals surface area contributed by atoms with Crippen LogP contribution < -0.4 is 0 Å². The van der Waals surface area contributed by atoms with E-state index in [1.54, 1.807) is 0 Å². The summed E-state index contributed by atoms with van der Waals surface area (Å²) in [6, 6.07) is 7.45. The highest BCUT2D eigenvalue weighted by atomic mass is 16.7. The largest absolute Gasteiger partial charge is 0.506 e. The van der Waals surface area contributed by atoms with Crippen molar-refractivity contribution in [2.75, 3.05) is 0 Å². The third-order valence-electron chi connectivity index (χ3n) is 1.85. The van der Waals surface area contributed by atoms with Gasteiger partial charge in [-0.3, -0.25) is 0 Å². The molecular weight excluding hydrogens is 180 g/mol. The van der Waals surface area contributed by atoms with Crippen molar-refractivity contribution in [3.8, 4) is 0 Å². The lowest BCUT2D eigenvalue weighted by atomic mass is 10.1. The van der Waals surface area contributed by atoms with E-state index in [1.807, 2.05) is 31.2 Å². The van der Waals surface area contributed by atoms with E-state index in [-0.39, 0.29) is 0 Å². The first-order valence-corrected chi connectivity index (χ1v) is 4.22. The Kier molecular flexibility index (Phi) is 3.29. The number of aryl methyl sites for hydroxylation is 1. The van der Waals surface area contributed by atoms with Gasteiger partial charge in [-0.1, -0.05) is 36.4 Å². The van der Waals surface area contributed by atoms with Gasteiger partial charge < -0.3 is 9.84 Å². The molecule has 0 amide bonds. The van der Waals surface area contributed by atoms with E-state index in [1.165, 1.54) is 6.08 Å². The van der Waals surface area contributed by atoms with Crippen LogP contribution in [0.2, 0.25) is 0 Å². The van der Waals surface area contributed by atoms with Gasteiger partial charge in [0.05, 0.1) is 0 Å². The Bertz CT molecular complexity index is 327. The molecule has 0 aliphatic carbocycles. The topological polar surface area (TPSA) is 46.5 Å². The van der Waals surface area contributed by atoms with Crippen molar-refractivity contribution in [3.05, 3.63) is 48.0 Å². The van der Waals surface area contributed by atoms with Crippen LogP contribution in [0.25, 0.3) is 0 Å². The number of hydrogen-bond acceptors (Lipinski definition) is 2. The fraction of sp³-hybridized carbons (Fsp3) is 0.182. The van der Waals surface area contributed by atoms with Gasteiger partial charge >= 0.3 is 6.16 Å². The lowest BCUT2D eigenvalue weighted by Gasteiger charge is -2.11. The minimum absolute atomic E-state index is 0.590. The second kappa shape index (κ2) is 4.46. The molecule has 1 rings (SSSR count). The number of benzene rings is 1. The predicted octanol–water partition coefficient (Wildman–Crippen LogP) is 2.92. The lowest BCUT2D eigenvalue weighted by Crippen LogP contribution is -2.06. The van der Waals surface area contributed by atoms with Crippen LogP contribution in [0.5, 0.6) is 0 Å². The van der Waals surface area contributed by atoms with Crippen LogP contribution in [0.4, 0.5) is 4.79 Å². The van der Waals surface area contributed by atoms with Gasteiger partial charge in [0, 0.05) is 0 Å². The van der Waals surface area contributed by atoms with Crippen molar-refractivity contribution in [3.63, 3.8) is 0 Å². The highest BCUT2D eigenvalue weighted by Crippen LogP contribution is 2.18. The lowest BCUT2D eigenvalue weighted by molar-refractivity contribution is 0.0691. The van der Waals surface area contributed by atoms with Gasteiger partial charge in [-0.2, -0.15) is 0 Å². The van der Waals surface area contributed by atoms with Gasteiger partial charge in [-0.25, -0.2) is 4.79 Å². The highest BCUT2D eigenvalue weighted by molar-refractivity contribution is 5.57. The molecule has 3 heteroatoms. The van der Waals surface area contributed by atoms with Gasteiger partial charge in [0.1, 0.15) is 6.10 Å². The molecule has 1 unspecified atom stereocenters. The quantitative estimate of drug-likeness (QED) is 0.591. The van der Waals surface area contributed by atoms with Gasteiger partial charge in [-0.05, 0) is 18.6 Å². The van der Waals surface area contributed by atoms with Crippen molar-refractivity contribution in [2.24, 2.45) is 0 Å². The molecule has 0 saturated heterocycles. The number of rotatable bonds is 3. The Morgan fingerprint density at radius 3 is 2.50 bits per heavy atom. The minimum Gasteiger partial charge on any atom is -0.450 e. The van der Waals surface area contributed by atoms with E-state index < -0.39 is 12.3 Å². The number of carboxylic acid groups (broad SMARTS) is 1. The maximum atomic E-state index is 10.3. The molecule has 1 atom stereocenters. The highest BCUT2D eigenvalue weighted by Gasteiger charge is 2.11. The molecule has 0 aliphatic rings. The van der Waals surface area contributed by atoms with Crippen molar-refractivity contribution in [1.29, 1.82) is 0 Å². The van der Waals surface area contributed by atoms with Crippen molar-refractivity contribution >= 4 is 6.16 Å². The van der Waals surface area contributed by atoms with Crippen LogP contribution in [0.15, 0.2) is 36.9 Å². The fourth-order valence-electron chi connectivity index (χ4n) is 1.12. The van der Waals surface area contributed by atoms with Gasteiger partial charge in [0.25, 0.3) is 0 Å². The van der Waals surface area contributed by atoms with E-state index in [2.05, 4.69) is 11.3 Å². The Morgan fingerprint density at radius 2 is 2.07 bits per heavy atom. The van der Waals surface area contributed by atoms with Gasteiger partial charge in [0.2, 0.25) is 0 Å². The van der Waals surface area contributed by atoms with Gasteiger partial charge in [-0.15, -0.1) is 0 Å². The minimum atomic E-state index is -1.30. The zero-order valence-corrected chi connectivity index (χ0v) is 7.93. The molecule has 3 nitrogen and oxygen atoms in total. The molecule has 0 aliphatic heterocycles. The van der Waals surface area contributed by atoms with E-state index >= 15 is 0 Å². The molecule has 1 aromatic rings. The third kappa shape index (κ3) is 2.62. The molecular formula is C11H12O3. The zero-order valence-electron chi connectivity index (χ0n) is 7.93. The molecule has 0 aromatic heterocycles. The third-order valence-corrected chi connectivity index (χ3v) is 1.85. The summed E-state index contributed by atoms with van der Waals surface area (Å²) >= 11 is 0. The summed E-state index contributed by atoms with van der Waals surface area (Å²) in [5.41, 5.74) is 1.90. The molecule has 0 radical (unpaired) electrons. The average molecular weight is 192 g/mol. The van der Waals surface area contributed by atoms with E-state index in [4.69, 9.17) is 5.11 Å². The van der Waals surface area contributed by atoms with Crippen molar-refractivity contribution in [1.82, 2.24) is 0 Å². The monoisotopic (exact) mass is 192 g/mol. The maximum absolute atomic E-state index is 10.3. The summed E-state index contributed by atoms with van der Waals surface area (Å²) in [7, 11) is 0. The molecule has 0 heterocycles. The molecule has 0 spiro atoms. The average Bonchev–Trinajstić information content (AvgIpc) is 2.15. The van der Waals surface area contributed by atoms with E-state index in [0.29, 0.717) is 0 Å². The van der Waals surface area contributed by atoms with Crippen molar-refractivity contribution in [2.45, 2.75) is 13.0 Å². The smallest absolute Gasteiger partial charge is 0.450 e. The first kappa shape index (κ1) is 10.3. The fourth-order valence-corrected chi connectivity index (χ4v) is 1.12. The molecule has 0 fully saturated rings.